The molecule has 0 saturated heterocycles. The summed E-state index contributed by atoms with van der Waals surface area (Å²) < 4.78 is 13.9. The zero-order chi connectivity index (χ0) is 15.1. The Kier molecular flexibility index (Phi) is 6.20. The van der Waals surface area contributed by atoms with Crippen LogP contribution in [0.15, 0.2) is 18.2 Å². The predicted octanol–water partition coefficient (Wildman–Crippen LogP) is 2.33. The number of hydrogen-bond acceptors (Lipinski definition) is 2. The molecule has 4 heteroatoms. The summed E-state index contributed by atoms with van der Waals surface area (Å²) in [5.41, 5.74) is 0.442. The van der Waals surface area contributed by atoms with Gasteiger partial charge in [-0.15, -0.1) is 0 Å². The second-order valence-corrected chi connectivity index (χ2v) is 4.80. The van der Waals surface area contributed by atoms with Gasteiger partial charge in [-0.25, -0.2) is 4.39 Å². The van der Waals surface area contributed by atoms with Gasteiger partial charge in [0, 0.05) is 11.6 Å². The maximum absolute atomic E-state index is 13.9. The quantitative estimate of drug-likeness (QED) is 0.830. The Hall–Kier alpha value is -1.86. The van der Waals surface area contributed by atoms with E-state index in [0.717, 1.165) is 6.42 Å². The van der Waals surface area contributed by atoms with Gasteiger partial charge in [0.05, 0.1) is 5.56 Å². The smallest absolute Gasteiger partial charge is 0.254 e. The van der Waals surface area contributed by atoms with E-state index >= 15 is 0 Å². The molecular weight excluding hydrogens is 257 g/mol. The van der Waals surface area contributed by atoms with Gasteiger partial charge < -0.3 is 10.4 Å². The Morgan fingerprint density at radius 1 is 1.45 bits per heavy atom. The first-order valence-corrected chi connectivity index (χ1v) is 6.69. The van der Waals surface area contributed by atoms with Crippen molar-refractivity contribution in [1.82, 2.24) is 5.32 Å². The summed E-state index contributed by atoms with van der Waals surface area (Å²) >= 11 is 0. The molecule has 0 aromatic heterocycles. The lowest BCUT2D eigenvalue weighted by molar-refractivity contribution is 0.0924. The standard InChI is InChI=1S/C16H20FNO2/c1-4-11(2)12(3)18-16(20)14-8-7-13(6-5-9-19)10-15(14)17/h7-8,10-12,19H,4,9H2,1-3H3,(H,18,20). The second-order valence-electron chi connectivity index (χ2n) is 4.80. The van der Waals surface area contributed by atoms with Crippen molar-refractivity contribution < 1.29 is 14.3 Å². The maximum atomic E-state index is 13.9. The van der Waals surface area contributed by atoms with Gasteiger partial charge in [-0.3, -0.25) is 4.79 Å². The summed E-state index contributed by atoms with van der Waals surface area (Å²) in [6.45, 7) is 5.71. The summed E-state index contributed by atoms with van der Waals surface area (Å²) in [5.74, 6) is 4.33. The van der Waals surface area contributed by atoms with Gasteiger partial charge in [-0.05, 0) is 31.0 Å². The van der Waals surface area contributed by atoms with E-state index in [4.69, 9.17) is 5.11 Å². The Balaban J connectivity index is 2.84. The summed E-state index contributed by atoms with van der Waals surface area (Å²) in [5, 5.41) is 11.4. The zero-order valence-electron chi connectivity index (χ0n) is 12.0. The molecule has 20 heavy (non-hydrogen) atoms. The molecule has 108 valence electrons. The van der Waals surface area contributed by atoms with Crippen LogP contribution in [0, 0.1) is 23.6 Å². The molecule has 0 radical (unpaired) electrons. The molecule has 1 aromatic carbocycles. The minimum absolute atomic E-state index is 0.00898. The first-order chi connectivity index (χ1) is 9.49. The number of benzene rings is 1. The molecule has 0 spiro atoms. The van der Waals surface area contributed by atoms with Crippen molar-refractivity contribution in [2.24, 2.45) is 5.92 Å². The van der Waals surface area contributed by atoms with Crippen LogP contribution in [0.5, 0.6) is 0 Å². The highest BCUT2D eigenvalue weighted by molar-refractivity contribution is 5.94. The molecule has 0 aliphatic heterocycles. The van der Waals surface area contributed by atoms with Crippen LogP contribution < -0.4 is 5.32 Å². The fraction of sp³-hybridized carbons (Fsp3) is 0.438. The molecule has 2 atom stereocenters. The fourth-order valence-corrected chi connectivity index (χ4v) is 1.70. The molecule has 0 fully saturated rings. The summed E-state index contributed by atoms with van der Waals surface area (Å²) in [4.78, 5) is 12.0. The van der Waals surface area contributed by atoms with Gasteiger partial charge >= 0.3 is 0 Å². The highest BCUT2D eigenvalue weighted by Gasteiger charge is 2.17. The van der Waals surface area contributed by atoms with Crippen molar-refractivity contribution in [2.75, 3.05) is 6.61 Å². The normalized spacial score (nSPS) is 13.1. The number of aliphatic hydroxyl groups is 1. The second kappa shape index (κ2) is 7.66. The van der Waals surface area contributed by atoms with Gasteiger partial charge in [0.1, 0.15) is 12.4 Å². The molecule has 2 N–H and O–H groups in total. The summed E-state index contributed by atoms with van der Waals surface area (Å²) in [6, 6.07) is 4.16. The third kappa shape index (κ3) is 4.36. The number of hydrogen-bond donors (Lipinski definition) is 2. The molecular formula is C16H20FNO2. The highest BCUT2D eigenvalue weighted by atomic mass is 19.1. The average Bonchev–Trinajstić information content (AvgIpc) is 2.43. The van der Waals surface area contributed by atoms with Crippen molar-refractivity contribution in [3.05, 3.63) is 35.1 Å². The van der Waals surface area contributed by atoms with Crippen LogP contribution in [0.1, 0.15) is 43.1 Å². The number of halogens is 1. The van der Waals surface area contributed by atoms with Gasteiger partial charge in [0.15, 0.2) is 0 Å². The number of carbonyl (C=O) groups is 1. The van der Waals surface area contributed by atoms with E-state index in [-0.39, 0.29) is 18.2 Å². The minimum Gasteiger partial charge on any atom is -0.384 e. The molecule has 0 saturated carbocycles. The predicted molar refractivity (Wildman–Crippen MR) is 76.7 cm³/mol. The molecule has 0 bridgehead atoms. The summed E-state index contributed by atoms with van der Waals surface area (Å²) in [7, 11) is 0. The van der Waals surface area contributed by atoms with E-state index in [9.17, 15) is 9.18 Å². The lowest BCUT2D eigenvalue weighted by Crippen LogP contribution is -2.37. The van der Waals surface area contributed by atoms with Crippen LogP contribution in [-0.4, -0.2) is 23.7 Å². The van der Waals surface area contributed by atoms with Crippen molar-refractivity contribution in [3.63, 3.8) is 0 Å². The maximum Gasteiger partial charge on any atom is 0.254 e. The molecule has 1 rings (SSSR count). The topological polar surface area (TPSA) is 49.3 Å². The number of aliphatic hydroxyl groups excluding tert-OH is 1. The summed E-state index contributed by atoms with van der Waals surface area (Å²) in [6.07, 6.45) is 0.944. The van der Waals surface area contributed by atoms with E-state index in [1.54, 1.807) is 6.07 Å². The number of carbonyl (C=O) groups excluding carboxylic acids is 1. The monoisotopic (exact) mass is 277 g/mol. The number of amides is 1. The Bertz CT molecular complexity index is 531. The van der Waals surface area contributed by atoms with E-state index in [1.807, 2.05) is 20.8 Å². The van der Waals surface area contributed by atoms with Gasteiger partial charge in [0.2, 0.25) is 0 Å². The average molecular weight is 277 g/mol. The lowest BCUT2D eigenvalue weighted by Gasteiger charge is -2.20. The van der Waals surface area contributed by atoms with Gasteiger partial charge in [-0.2, -0.15) is 0 Å². The van der Waals surface area contributed by atoms with Crippen LogP contribution in [0.25, 0.3) is 0 Å². The van der Waals surface area contributed by atoms with Gasteiger partial charge in [0.25, 0.3) is 5.91 Å². The number of rotatable bonds is 4. The fourth-order valence-electron chi connectivity index (χ4n) is 1.70. The van der Waals surface area contributed by atoms with Crippen molar-refractivity contribution in [3.8, 4) is 11.8 Å². The molecule has 2 unspecified atom stereocenters. The van der Waals surface area contributed by atoms with E-state index < -0.39 is 11.7 Å². The third-order valence-electron chi connectivity index (χ3n) is 3.38. The molecule has 0 aliphatic rings. The Morgan fingerprint density at radius 2 is 2.15 bits per heavy atom. The van der Waals surface area contributed by atoms with Crippen LogP contribution in [0.2, 0.25) is 0 Å². The highest BCUT2D eigenvalue weighted by Crippen LogP contribution is 2.12. The van der Waals surface area contributed by atoms with Crippen molar-refractivity contribution in [2.45, 2.75) is 33.2 Å². The van der Waals surface area contributed by atoms with Crippen molar-refractivity contribution >= 4 is 5.91 Å². The third-order valence-corrected chi connectivity index (χ3v) is 3.38. The van der Waals surface area contributed by atoms with E-state index in [2.05, 4.69) is 17.2 Å². The Morgan fingerprint density at radius 3 is 2.70 bits per heavy atom. The first-order valence-electron chi connectivity index (χ1n) is 6.69. The van der Waals surface area contributed by atoms with Crippen molar-refractivity contribution in [1.29, 1.82) is 0 Å². The van der Waals surface area contributed by atoms with Gasteiger partial charge in [-0.1, -0.05) is 32.1 Å². The molecule has 1 aromatic rings. The Labute approximate surface area is 119 Å². The van der Waals surface area contributed by atoms with Crippen LogP contribution in [-0.2, 0) is 0 Å². The van der Waals surface area contributed by atoms with Crippen LogP contribution >= 0.6 is 0 Å². The molecule has 0 heterocycles. The van der Waals surface area contributed by atoms with E-state index in [1.165, 1.54) is 12.1 Å². The first kappa shape index (κ1) is 16.2. The largest absolute Gasteiger partial charge is 0.384 e. The molecule has 0 aliphatic carbocycles. The lowest BCUT2D eigenvalue weighted by atomic mass is 10.0. The van der Waals surface area contributed by atoms with Crippen LogP contribution in [0.3, 0.4) is 0 Å². The number of nitrogens with one attached hydrogen (secondary N) is 1. The SMILES string of the molecule is CCC(C)C(C)NC(=O)c1ccc(C#CCO)cc1F. The molecule has 3 nitrogen and oxygen atoms in total. The minimum atomic E-state index is -0.608. The zero-order valence-corrected chi connectivity index (χ0v) is 12.0. The van der Waals surface area contributed by atoms with E-state index in [0.29, 0.717) is 11.5 Å². The van der Waals surface area contributed by atoms with Crippen LogP contribution in [0.4, 0.5) is 4.39 Å². The molecule has 1 amide bonds.